The number of amides is 4. The highest BCUT2D eigenvalue weighted by Crippen LogP contribution is 2.43. The zero-order valence-corrected chi connectivity index (χ0v) is 21.1. The predicted octanol–water partition coefficient (Wildman–Crippen LogP) is 3.41. The van der Waals surface area contributed by atoms with Crippen molar-refractivity contribution in [1.29, 1.82) is 0 Å². The topological polar surface area (TPSA) is 95.1 Å². The first-order valence-corrected chi connectivity index (χ1v) is 11.9. The van der Waals surface area contributed by atoms with Crippen LogP contribution in [0.25, 0.3) is 0 Å². The van der Waals surface area contributed by atoms with E-state index in [0.717, 1.165) is 22.6 Å². The molecule has 9 nitrogen and oxygen atoms in total. The molecular formula is C24H26F3N5O4S. The van der Waals surface area contributed by atoms with Crippen LogP contribution in [0, 0.1) is 0 Å². The third-order valence-corrected chi connectivity index (χ3v) is 6.66. The Kier molecular flexibility index (Phi) is 7.49. The fourth-order valence-electron chi connectivity index (χ4n) is 4.29. The molecule has 4 rings (SSSR count). The Balaban J connectivity index is 1.67. The molecule has 0 unspecified atom stereocenters. The average molecular weight is 538 g/mol. The molecule has 4 amide bonds. The van der Waals surface area contributed by atoms with Gasteiger partial charge in [0.2, 0.25) is 5.91 Å². The van der Waals surface area contributed by atoms with E-state index >= 15 is 0 Å². The number of thiol groups is 1. The first-order valence-electron chi connectivity index (χ1n) is 11.5. The molecule has 2 fully saturated rings. The van der Waals surface area contributed by atoms with Crippen molar-refractivity contribution in [3.8, 4) is 0 Å². The lowest BCUT2D eigenvalue weighted by Crippen LogP contribution is -2.43. The van der Waals surface area contributed by atoms with Crippen molar-refractivity contribution in [1.82, 2.24) is 14.8 Å². The first-order chi connectivity index (χ1) is 17.4. The molecular weight excluding hydrogens is 511 g/mol. The SMILES string of the molecule is CC1(C)C(=O)N(c2cc(S)c(C(F)(F)F)c(NC(=O)CN3CCOCC3)c2)C(=O)N1Cc1ccncc1. The molecule has 198 valence electrons. The van der Waals surface area contributed by atoms with Gasteiger partial charge in [-0.25, -0.2) is 9.69 Å². The van der Waals surface area contributed by atoms with Crippen molar-refractivity contribution in [3.05, 3.63) is 47.8 Å². The van der Waals surface area contributed by atoms with Crippen LogP contribution in [-0.2, 0) is 27.0 Å². The van der Waals surface area contributed by atoms with Gasteiger partial charge in [-0.2, -0.15) is 13.2 Å². The molecule has 1 aromatic heterocycles. The number of rotatable bonds is 6. The van der Waals surface area contributed by atoms with Crippen LogP contribution in [0.15, 0.2) is 41.6 Å². The highest BCUT2D eigenvalue weighted by Gasteiger charge is 2.52. The van der Waals surface area contributed by atoms with E-state index in [1.165, 1.54) is 4.90 Å². The minimum atomic E-state index is -4.84. The van der Waals surface area contributed by atoms with Gasteiger partial charge in [-0.3, -0.25) is 19.5 Å². The summed E-state index contributed by atoms with van der Waals surface area (Å²) in [6.45, 7) is 4.85. The van der Waals surface area contributed by atoms with E-state index in [0.29, 0.717) is 26.3 Å². The second kappa shape index (κ2) is 10.3. The molecule has 3 heterocycles. The number of urea groups is 1. The van der Waals surface area contributed by atoms with Crippen LogP contribution in [0.2, 0.25) is 0 Å². The van der Waals surface area contributed by atoms with Crippen LogP contribution in [-0.4, -0.2) is 71.0 Å². The number of hydrogen-bond donors (Lipinski definition) is 2. The van der Waals surface area contributed by atoms with Crippen LogP contribution in [0.4, 0.5) is 29.3 Å². The van der Waals surface area contributed by atoms with E-state index in [-0.39, 0.29) is 18.8 Å². The number of imide groups is 1. The van der Waals surface area contributed by atoms with Gasteiger partial charge in [0.05, 0.1) is 36.7 Å². The van der Waals surface area contributed by atoms with Crippen molar-refractivity contribution in [3.63, 3.8) is 0 Å². The Morgan fingerprint density at radius 2 is 1.81 bits per heavy atom. The van der Waals surface area contributed by atoms with Crippen LogP contribution in [0.1, 0.15) is 25.0 Å². The number of pyridine rings is 1. The lowest BCUT2D eigenvalue weighted by atomic mass is 10.0. The zero-order chi connectivity index (χ0) is 27.0. The van der Waals surface area contributed by atoms with Gasteiger partial charge in [0.15, 0.2) is 0 Å². The normalized spacial score (nSPS) is 18.4. The second-order valence-electron chi connectivity index (χ2n) is 9.25. The summed E-state index contributed by atoms with van der Waals surface area (Å²) in [7, 11) is 0. The number of nitrogens with zero attached hydrogens (tertiary/aromatic N) is 4. The molecule has 0 atom stereocenters. The summed E-state index contributed by atoms with van der Waals surface area (Å²) in [5.74, 6) is -1.29. The molecule has 2 aliphatic heterocycles. The number of nitrogens with one attached hydrogen (secondary N) is 1. The number of carbonyl (C=O) groups excluding carboxylic acids is 3. The molecule has 0 spiro atoms. The summed E-state index contributed by atoms with van der Waals surface area (Å²) in [6.07, 6.45) is -1.74. The van der Waals surface area contributed by atoms with Gasteiger partial charge in [0.25, 0.3) is 5.91 Å². The Bertz CT molecular complexity index is 1200. The maximum atomic E-state index is 13.9. The standard InChI is InChI=1S/C24H26F3N5O4S/c1-23(2)21(34)32(22(35)31(23)13-15-3-5-28-6-4-15)16-11-17(20(18(37)12-16)24(25,26)27)29-19(33)14-30-7-9-36-10-8-30/h3-6,11-12,37H,7-10,13-14H2,1-2H3,(H,29,33). The van der Waals surface area contributed by atoms with Crippen LogP contribution in [0.3, 0.4) is 0 Å². The largest absolute Gasteiger partial charge is 0.419 e. The molecule has 0 bridgehead atoms. The summed E-state index contributed by atoms with van der Waals surface area (Å²) in [6, 6.07) is 4.68. The number of hydrogen-bond acceptors (Lipinski definition) is 7. The van der Waals surface area contributed by atoms with Crippen LogP contribution >= 0.6 is 12.6 Å². The van der Waals surface area contributed by atoms with E-state index in [1.54, 1.807) is 43.3 Å². The van der Waals surface area contributed by atoms with Crippen LogP contribution in [0.5, 0.6) is 0 Å². The fourth-order valence-corrected chi connectivity index (χ4v) is 4.67. The van der Waals surface area contributed by atoms with E-state index in [1.807, 2.05) is 0 Å². The number of halogens is 3. The van der Waals surface area contributed by atoms with Crippen molar-refractivity contribution in [2.24, 2.45) is 0 Å². The molecule has 0 radical (unpaired) electrons. The molecule has 2 aromatic rings. The molecule has 1 aromatic carbocycles. The van der Waals surface area contributed by atoms with Gasteiger partial charge in [-0.1, -0.05) is 0 Å². The summed E-state index contributed by atoms with van der Waals surface area (Å²) in [5, 5.41) is 2.31. The minimum absolute atomic E-state index is 0.0914. The molecule has 1 N–H and O–H groups in total. The summed E-state index contributed by atoms with van der Waals surface area (Å²) in [4.78, 5) is 46.7. The molecule has 0 aliphatic carbocycles. The summed E-state index contributed by atoms with van der Waals surface area (Å²) < 4.78 is 47.0. The quantitative estimate of drug-likeness (QED) is 0.433. The highest BCUT2D eigenvalue weighted by atomic mass is 32.1. The average Bonchev–Trinajstić information content (AvgIpc) is 2.98. The highest BCUT2D eigenvalue weighted by molar-refractivity contribution is 7.80. The first kappa shape index (κ1) is 26.9. The molecule has 2 aliphatic rings. The smallest absolute Gasteiger partial charge is 0.379 e. The van der Waals surface area contributed by atoms with E-state index in [2.05, 4.69) is 22.9 Å². The Labute approximate surface area is 217 Å². The Morgan fingerprint density at radius 1 is 1.16 bits per heavy atom. The van der Waals surface area contributed by atoms with Crippen molar-refractivity contribution >= 4 is 41.8 Å². The summed E-state index contributed by atoms with van der Waals surface area (Å²) in [5.41, 5.74) is -2.43. The lowest BCUT2D eigenvalue weighted by Gasteiger charge is -2.27. The van der Waals surface area contributed by atoms with Crippen molar-refractivity contribution < 1.29 is 32.3 Å². The minimum Gasteiger partial charge on any atom is -0.379 e. The molecule has 0 saturated carbocycles. The number of ether oxygens (including phenoxy) is 1. The lowest BCUT2D eigenvalue weighted by molar-refractivity contribution is -0.139. The summed E-state index contributed by atoms with van der Waals surface area (Å²) >= 11 is 4.01. The van der Waals surface area contributed by atoms with Gasteiger partial charge in [-0.15, -0.1) is 12.6 Å². The fraction of sp³-hybridized carbons (Fsp3) is 0.417. The van der Waals surface area contributed by atoms with E-state index < -0.39 is 45.7 Å². The maximum Gasteiger partial charge on any atom is 0.419 e. The van der Waals surface area contributed by atoms with Crippen LogP contribution < -0.4 is 10.2 Å². The third-order valence-electron chi connectivity index (χ3n) is 6.30. The van der Waals surface area contributed by atoms with Crippen molar-refractivity contribution in [2.75, 3.05) is 43.1 Å². The zero-order valence-electron chi connectivity index (χ0n) is 20.2. The molecule has 37 heavy (non-hydrogen) atoms. The second-order valence-corrected chi connectivity index (χ2v) is 9.73. The van der Waals surface area contributed by atoms with Gasteiger partial charge < -0.3 is 15.0 Å². The van der Waals surface area contributed by atoms with Gasteiger partial charge in [0.1, 0.15) is 5.54 Å². The van der Waals surface area contributed by atoms with Gasteiger partial charge in [-0.05, 0) is 43.7 Å². The predicted molar refractivity (Wildman–Crippen MR) is 131 cm³/mol. The molecule has 13 heteroatoms. The van der Waals surface area contributed by atoms with E-state index in [9.17, 15) is 27.6 Å². The van der Waals surface area contributed by atoms with Crippen molar-refractivity contribution in [2.45, 2.75) is 37.0 Å². The number of alkyl halides is 3. The Morgan fingerprint density at radius 3 is 2.43 bits per heavy atom. The van der Waals surface area contributed by atoms with Gasteiger partial charge in [0, 0.05) is 36.9 Å². The number of benzene rings is 1. The van der Waals surface area contributed by atoms with E-state index in [4.69, 9.17) is 4.74 Å². The molecule has 2 saturated heterocycles. The number of aromatic nitrogens is 1. The number of morpholine rings is 1. The number of carbonyl (C=O) groups is 3. The Hall–Kier alpha value is -3.16. The third kappa shape index (κ3) is 5.58. The van der Waals surface area contributed by atoms with Gasteiger partial charge >= 0.3 is 12.2 Å². The number of anilines is 2. The monoisotopic (exact) mass is 537 g/mol. The maximum absolute atomic E-state index is 13.9.